The van der Waals surface area contributed by atoms with Crippen LogP contribution in [0.1, 0.15) is 53.6 Å². The van der Waals surface area contributed by atoms with Gasteiger partial charge in [-0.15, -0.1) is 5.10 Å². The molecule has 0 aliphatic carbocycles. The molecule has 1 saturated heterocycles. The molecule has 7 heteroatoms. The van der Waals surface area contributed by atoms with Crippen LogP contribution in [0.25, 0.3) is 0 Å². The number of carbonyl (C=O) groups is 1. The number of nitrogens with zero attached hydrogens (tertiary/aromatic N) is 6. The minimum atomic E-state index is 0.0434. The molecule has 0 radical (unpaired) electrons. The quantitative estimate of drug-likeness (QED) is 0.839. The zero-order valence-corrected chi connectivity index (χ0v) is 15.4. The van der Waals surface area contributed by atoms with Gasteiger partial charge < -0.3 is 4.90 Å². The normalized spacial score (nSPS) is 18.0. The molecule has 2 aliphatic rings. The maximum absolute atomic E-state index is 13.0. The lowest BCUT2D eigenvalue weighted by Crippen LogP contribution is -2.31. The van der Waals surface area contributed by atoms with Crippen molar-refractivity contribution in [3.63, 3.8) is 0 Å². The Balaban J connectivity index is 1.52. The van der Waals surface area contributed by atoms with Crippen LogP contribution in [0, 0.1) is 0 Å². The first-order chi connectivity index (χ1) is 12.7. The number of hydrogen-bond donors (Lipinski definition) is 0. The van der Waals surface area contributed by atoms with E-state index in [0.717, 1.165) is 62.6 Å². The summed E-state index contributed by atoms with van der Waals surface area (Å²) in [5, 5.41) is 8.75. The molecule has 4 heterocycles. The van der Waals surface area contributed by atoms with Crippen molar-refractivity contribution in [3.05, 3.63) is 41.0 Å². The van der Waals surface area contributed by atoms with Crippen molar-refractivity contribution in [3.8, 4) is 0 Å². The van der Waals surface area contributed by atoms with Gasteiger partial charge in [-0.05, 0) is 50.9 Å². The summed E-state index contributed by atoms with van der Waals surface area (Å²) in [5.41, 5.74) is 3.77. The number of fused-ring (bicyclic) bond motifs is 1. The molecule has 26 heavy (non-hydrogen) atoms. The number of aryl methyl sites for hydroxylation is 2. The molecule has 0 saturated carbocycles. The molecule has 0 aromatic carbocycles. The van der Waals surface area contributed by atoms with Crippen LogP contribution in [0.4, 0.5) is 0 Å². The van der Waals surface area contributed by atoms with E-state index in [2.05, 4.69) is 27.1 Å². The zero-order valence-electron chi connectivity index (χ0n) is 15.4. The van der Waals surface area contributed by atoms with Crippen molar-refractivity contribution in [2.75, 3.05) is 19.6 Å². The van der Waals surface area contributed by atoms with Crippen LogP contribution in [-0.2, 0) is 26.1 Å². The second-order valence-electron chi connectivity index (χ2n) is 7.16. The number of aromatic nitrogens is 4. The Morgan fingerprint density at radius 3 is 2.69 bits per heavy atom. The summed E-state index contributed by atoms with van der Waals surface area (Å²) in [6, 6.07) is 3.83. The van der Waals surface area contributed by atoms with Crippen molar-refractivity contribution < 1.29 is 4.79 Å². The van der Waals surface area contributed by atoms with Crippen LogP contribution in [0.5, 0.6) is 0 Å². The van der Waals surface area contributed by atoms with E-state index < -0.39 is 0 Å². The molecule has 7 nitrogen and oxygen atoms in total. The third kappa shape index (κ3) is 3.49. The fourth-order valence-electron chi connectivity index (χ4n) is 3.78. The molecule has 2 aromatic rings. The van der Waals surface area contributed by atoms with Gasteiger partial charge in [0.15, 0.2) is 0 Å². The van der Waals surface area contributed by atoms with E-state index in [1.807, 2.05) is 21.7 Å². The van der Waals surface area contributed by atoms with Crippen molar-refractivity contribution in [1.29, 1.82) is 0 Å². The Bertz CT molecular complexity index is 763. The van der Waals surface area contributed by atoms with E-state index in [-0.39, 0.29) is 5.91 Å². The van der Waals surface area contributed by atoms with Gasteiger partial charge in [0.05, 0.1) is 17.8 Å². The monoisotopic (exact) mass is 354 g/mol. The van der Waals surface area contributed by atoms with Crippen molar-refractivity contribution >= 4 is 5.91 Å². The highest BCUT2D eigenvalue weighted by molar-refractivity contribution is 5.93. The highest BCUT2D eigenvalue weighted by Crippen LogP contribution is 2.20. The van der Waals surface area contributed by atoms with Gasteiger partial charge in [-0.2, -0.15) is 0 Å². The topological polar surface area (TPSA) is 67.2 Å². The number of hydrogen-bond acceptors (Lipinski definition) is 5. The molecule has 0 spiro atoms. The van der Waals surface area contributed by atoms with Gasteiger partial charge in [0.2, 0.25) is 0 Å². The summed E-state index contributed by atoms with van der Waals surface area (Å²) < 4.78 is 1.98. The standard InChI is InChI=1S/C19H26N6O/c1-2-16-7-6-15(12-20-16)19(26)24-10-5-11-25-18(14-24)17(21-22-25)13-23-8-3-4-9-23/h6-7,12H,2-5,8-11,13-14H2,1H3. The maximum atomic E-state index is 13.0. The molecule has 1 fully saturated rings. The number of pyridine rings is 1. The fraction of sp³-hybridized carbons (Fsp3) is 0.579. The number of rotatable bonds is 4. The van der Waals surface area contributed by atoms with Gasteiger partial charge >= 0.3 is 0 Å². The predicted octanol–water partition coefficient (Wildman–Crippen LogP) is 1.88. The Morgan fingerprint density at radius 2 is 1.96 bits per heavy atom. The first kappa shape index (κ1) is 17.1. The molecule has 0 N–H and O–H groups in total. The van der Waals surface area contributed by atoms with E-state index >= 15 is 0 Å². The average Bonchev–Trinajstić information content (AvgIpc) is 3.26. The van der Waals surface area contributed by atoms with Crippen LogP contribution in [0.2, 0.25) is 0 Å². The SMILES string of the molecule is CCc1ccc(C(=O)N2CCCn3nnc(CN4CCCC4)c3C2)cn1. The average molecular weight is 354 g/mol. The minimum absolute atomic E-state index is 0.0434. The van der Waals surface area contributed by atoms with Gasteiger partial charge in [-0.25, -0.2) is 4.68 Å². The summed E-state index contributed by atoms with van der Waals surface area (Å²) in [6.07, 6.45) is 5.99. The highest BCUT2D eigenvalue weighted by atomic mass is 16.2. The molecule has 4 rings (SSSR count). The largest absolute Gasteiger partial charge is 0.333 e. The Kier molecular flexibility index (Phi) is 4.97. The third-order valence-corrected chi connectivity index (χ3v) is 5.35. The third-order valence-electron chi connectivity index (χ3n) is 5.35. The van der Waals surface area contributed by atoms with Crippen LogP contribution < -0.4 is 0 Å². The zero-order chi connectivity index (χ0) is 17.9. The number of carbonyl (C=O) groups excluding carboxylic acids is 1. The first-order valence-corrected chi connectivity index (χ1v) is 9.62. The molecule has 1 amide bonds. The first-order valence-electron chi connectivity index (χ1n) is 9.62. The van der Waals surface area contributed by atoms with Crippen molar-refractivity contribution in [2.45, 2.75) is 52.2 Å². The minimum Gasteiger partial charge on any atom is -0.333 e. The Labute approximate surface area is 154 Å². The van der Waals surface area contributed by atoms with E-state index in [9.17, 15) is 4.79 Å². The lowest BCUT2D eigenvalue weighted by atomic mass is 10.2. The molecular weight excluding hydrogens is 328 g/mol. The molecule has 2 aromatic heterocycles. The van der Waals surface area contributed by atoms with Gasteiger partial charge in [0.1, 0.15) is 5.69 Å². The Hall–Kier alpha value is -2.28. The molecule has 0 atom stereocenters. The van der Waals surface area contributed by atoms with E-state index in [4.69, 9.17) is 0 Å². The van der Waals surface area contributed by atoms with Gasteiger partial charge in [-0.3, -0.25) is 14.7 Å². The summed E-state index contributed by atoms with van der Waals surface area (Å²) in [6.45, 7) is 7.29. The van der Waals surface area contributed by atoms with Crippen LogP contribution in [0.15, 0.2) is 18.3 Å². The Morgan fingerprint density at radius 1 is 1.12 bits per heavy atom. The predicted molar refractivity (Wildman–Crippen MR) is 97.5 cm³/mol. The summed E-state index contributed by atoms with van der Waals surface area (Å²) >= 11 is 0. The van der Waals surface area contributed by atoms with Crippen LogP contribution in [0.3, 0.4) is 0 Å². The van der Waals surface area contributed by atoms with Crippen LogP contribution >= 0.6 is 0 Å². The second kappa shape index (κ2) is 7.53. The van der Waals surface area contributed by atoms with E-state index in [1.54, 1.807) is 6.20 Å². The van der Waals surface area contributed by atoms with Gasteiger partial charge in [-0.1, -0.05) is 12.1 Å². The highest BCUT2D eigenvalue weighted by Gasteiger charge is 2.25. The maximum Gasteiger partial charge on any atom is 0.255 e. The van der Waals surface area contributed by atoms with Crippen molar-refractivity contribution in [2.24, 2.45) is 0 Å². The summed E-state index contributed by atoms with van der Waals surface area (Å²) in [7, 11) is 0. The van der Waals surface area contributed by atoms with Gasteiger partial charge in [0.25, 0.3) is 5.91 Å². The number of likely N-dealkylation sites (tertiary alicyclic amines) is 1. The van der Waals surface area contributed by atoms with E-state index in [0.29, 0.717) is 12.1 Å². The summed E-state index contributed by atoms with van der Waals surface area (Å²) in [5.74, 6) is 0.0434. The second-order valence-corrected chi connectivity index (χ2v) is 7.16. The van der Waals surface area contributed by atoms with Crippen LogP contribution in [-0.4, -0.2) is 55.3 Å². The smallest absolute Gasteiger partial charge is 0.255 e. The molecule has 138 valence electrons. The lowest BCUT2D eigenvalue weighted by Gasteiger charge is -2.21. The van der Waals surface area contributed by atoms with E-state index in [1.165, 1.54) is 12.8 Å². The lowest BCUT2D eigenvalue weighted by molar-refractivity contribution is 0.0744. The number of amides is 1. The van der Waals surface area contributed by atoms with Crippen molar-refractivity contribution in [1.82, 2.24) is 29.8 Å². The fourth-order valence-corrected chi connectivity index (χ4v) is 3.78. The summed E-state index contributed by atoms with van der Waals surface area (Å²) in [4.78, 5) is 21.7. The van der Waals surface area contributed by atoms with Gasteiger partial charge in [0, 0.05) is 31.5 Å². The molecule has 0 unspecified atom stereocenters. The molecular formula is C19H26N6O. The molecule has 0 bridgehead atoms. The molecule has 2 aliphatic heterocycles.